The van der Waals surface area contributed by atoms with E-state index in [2.05, 4.69) is 13.0 Å². The maximum Gasteiger partial charge on any atom is 0.0750 e. The normalized spacial score (nSPS) is 18.2. The molecule has 0 spiro atoms. The zero-order chi connectivity index (χ0) is 11.6. The maximum atomic E-state index is 10.0. The molecule has 16 heavy (non-hydrogen) atoms. The van der Waals surface area contributed by atoms with Gasteiger partial charge in [0, 0.05) is 0 Å². The number of hydrogen-bond donors (Lipinski definition) is 1. The van der Waals surface area contributed by atoms with E-state index in [1.165, 1.54) is 63.4 Å². The molecule has 0 radical (unpaired) electrons. The minimum Gasteiger partial charge on any atom is -0.389 e. The summed E-state index contributed by atoms with van der Waals surface area (Å²) in [7, 11) is 0. The minimum atomic E-state index is -0.133. The van der Waals surface area contributed by atoms with E-state index in [1.54, 1.807) is 0 Å². The highest BCUT2D eigenvalue weighted by atomic mass is 16.3. The van der Waals surface area contributed by atoms with Gasteiger partial charge in [0.1, 0.15) is 0 Å². The SMILES string of the molecule is CCCCCCCCC(O)C1=CCCCC1. The molecule has 1 unspecified atom stereocenters. The first kappa shape index (κ1) is 13.8. The van der Waals surface area contributed by atoms with Crippen molar-refractivity contribution in [1.29, 1.82) is 0 Å². The Balaban J connectivity index is 2.01. The lowest BCUT2D eigenvalue weighted by Gasteiger charge is -2.18. The van der Waals surface area contributed by atoms with Crippen molar-refractivity contribution in [3.05, 3.63) is 11.6 Å². The minimum absolute atomic E-state index is 0.133. The van der Waals surface area contributed by atoms with Crippen molar-refractivity contribution < 1.29 is 5.11 Å². The van der Waals surface area contributed by atoms with Crippen molar-refractivity contribution in [3.63, 3.8) is 0 Å². The molecule has 94 valence electrons. The fourth-order valence-electron chi connectivity index (χ4n) is 2.47. The van der Waals surface area contributed by atoms with Gasteiger partial charge in [-0.25, -0.2) is 0 Å². The number of aliphatic hydroxyl groups excluding tert-OH is 1. The van der Waals surface area contributed by atoms with Gasteiger partial charge >= 0.3 is 0 Å². The van der Waals surface area contributed by atoms with E-state index in [4.69, 9.17) is 0 Å². The second-order valence-electron chi connectivity index (χ2n) is 5.10. The molecule has 0 amide bonds. The van der Waals surface area contributed by atoms with Crippen LogP contribution in [0.15, 0.2) is 11.6 Å². The van der Waals surface area contributed by atoms with E-state index < -0.39 is 0 Å². The second kappa shape index (κ2) is 8.81. The van der Waals surface area contributed by atoms with Gasteiger partial charge in [-0.15, -0.1) is 0 Å². The molecule has 1 heteroatoms. The molecule has 1 rings (SSSR count). The van der Waals surface area contributed by atoms with E-state index >= 15 is 0 Å². The molecule has 0 aliphatic heterocycles. The van der Waals surface area contributed by atoms with Crippen molar-refractivity contribution in [2.24, 2.45) is 0 Å². The molecule has 0 aromatic carbocycles. The summed E-state index contributed by atoms with van der Waals surface area (Å²) >= 11 is 0. The van der Waals surface area contributed by atoms with Crippen LogP contribution in [0.25, 0.3) is 0 Å². The Hall–Kier alpha value is -0.300. The van der Waals surface area contributed by atoms with Gasteiger partial charge in [-0.05, 0) is 37.7 Å². The lowest BCUT2D eigenvalue weighted by Crippen LogP contribution is -2.12. The van der Waals surface area contributed by atoms with Crippen LogP contribution in [0.5, 0.6) is 0 Å². The first-order valence-corrected chi connectivity index (χ1v) is 7.21. The fourth-order valence-corrected chi connectivity index (χ4v) is 2.47. The van der Waals surface area contributed by atoms with Crippen molar-refractivity contribution >= 4 is 0 Å². The molecule has 1 atom stereocenters. The highest BCUT2D eigenvalue weighted by Gasteiger charge is 2.12. The largest absolute Gasteiger partial charge is 0.389 e. The van der Waals surface area contributed by atoms with Crippen LogP contribution in [0.3, 0.4) is 0 Å². The predicted octanol–water partition coefficient (Wildman–Crippen LogP) is 4.60. The van der Waals surface area contributed by atoms with Gasteiger partial charge in [-0.1, -0.05) is 51.5 Å². The molecular formula is C15H28O. The smallest absolute Gasteiger partial charge is 0.0750 e. The van der Waals surface area contributed by atoms with Gasteiger partial charge < -0.3 is 5.11 Å². The summed E-state index contributed by atoms with van der Waals surface area (Å²) < 4.78 is 0. The topological polar surface area (TPSA) is 20.2 Å². The monoisotopic (exact) mass is 224 g/mol. The summed E-state index contributed by atoms with van der Waals surface area (Å²) in [6.45, 7) is 2.25. The number of rotatable bonds is 8. The molecule has 0 saturated heterocycles. The van der Waals surface area contributed by atoms with Crippen molar-refractivity contribution in [1.82, 2.24) is 0 Å². The average molecular weight is 224 g/mol. The molecule has 1 aliphatic rings. The third-order valence-electron chi connectivity index (χ3n) is 3.59. The number of hydrogen-bond acceptors (Lipinski definition) is 1. The standard InChI is InChI=1S/C15H28O/c1-2-3-4-5-6-10-13-15(16)14-11-8-7-9-12-14/h11,15-16H,2-10,12-13H2,1H3. The quantitative estimate of drug-likeness (QED) is 0.472. The summed E-state index contributed by atoms with van der Waals surface area (Å²) in [5, 5.41) is 10.0. The third-order valence-corrected chi connectivity index (χ3v) is 3.59. The lowest BCUT2D eigenvalue weighted by molar-refractivity contribution is 0.189. The summed E-state index contributed by atoms with van der Waals surface area (Å²) in [4.78, 5) is 0. The lowest BCUT2D eigenvalue weighted by atomic mass is 9.93. The summed E-state index contributed by atoms with van der Waals surface area (Å²) in [5.74, 6) is 0. The first-order valence-electron chi connectivity index (χ1n) is 7.21. The second-order valence-corrected chi connectivity index (χ2v) is 5.10. The molecule has 0 saturated carbocycles. The Morgan fingerprint density at radius 2 is 1.88 bits per heavy atom. The molecule has 1 N–H and O–H groups in total. The van der Waals surface area contributed by atoms with Gasteiger partial charge in [-0.2, -0.15) is 0 Å². The van der Waals surface area contributed by atoms with Gasteiger partial charge in [-0.3, -0.25) is 0 Å². The summed E-state index contributed by atoms with van der Waals surface area (Å²) in [6.07, 6.45) is 15.9. The van der Waals surface area contributed by atoms with Crippen LogP contribution in [0, 0.1) is 0 Å². The summed E-state index contributed by atoms with van der Waals surface area (Å²) in [6, 6.07) is 0. The van der Waals surface area contributed by atoms with E-state index in [1.807, 2.05) is 0 Å². The Morgan fingerprint density at radius 1 is 1.12 bits per heavy atom. The molecule has 0 fully saturated rings. The molecule has 0 aromatic rings. The summed E-state index contributed by atoms with van der Waals surface area (Å²) in [5.41, 5.74) is 1.32. The van der Waals surface area contributed by atoms with Crippen molar-refractivity contribution in [2.75, 3.05) is 0 Å². The van der Waals surface area contributed by atoms with Crippen LogP contribution < -0.4 is 0 Å². The highest BCUT2D eigenvalue weighted by molar-refractivity contribution is 5.10. The van der Waals surface area contributed by atoms with Gasteiger partial charge in [0.05, 0.1) is 6.10 Å². The predicted molar refractivity (Wildman–Crippen MR) is 70.6 cm³/mol. The van der Waals surface area contributed by atoms with Gasteiger partial charge in [0.25, 0.3) is 0 Å². The zero-order valence-electron chi connectivity index (χ0n) is 10.9. The van der Waals surface area contributed by atoms with Crippen LogP contribution in [-0.2, 0) is 0 Å². The van der Waals surface area contributed by atoms with Crippen molar-refractivity contribution in [3.8, 4) is 0 Å². The van der Waals surface area contributed by atoms with E-state index in [0.29, 0.717) is 0 Å². The van der Waals surface area contributed by atoms with E-state index in [0.717, 1.165) is 12.8 Å². The zero-order valence-corrected chi connectivity index (χ0v) is 10.9. The average Bonchev–Trinajstić information content (AvgIpc) is 2.34. The van der Waals surface area contributed by atoms with Gasteiger partial charge in [0.2, 0.25) is 0 Å². The Kier molecular flexibility index (Phi) is 7.58. The Labute approximate surface area is 101 Å². The Bertz CT molecular complexity index is 196. The molecule has 0 heterocycles. The third kappa shape index (κ3) is 5.69. The van der Waals surface area contributed by atoms with Crippen LogP contribution in [0.2, 0.25) is 0 Å². The van der Waals surface area contributed by atoms with E-state index in [-0.39, 0.29) is 6.10 Å². The first-order chi connectivity index (χ1) is 7.84. The molecule has 1 aliphatic carbocycles. The molecule has 0 aromatic heterocycles. The number of allylic oxidation sites excluding steroid dienone is 1. The molecule has 1 nitrogen and oxygen atoms in total. The van der Waals surface area contributed by atoms with Crippen LogP contribution in [0.1, 0.15) is 77.6 Å². The van der Waals surface area contributed by atoms with Crippen LogP contribution in [0.4, 0.5) is 0 Å². The van der Waals surface area contributed by atoms with Gasteiger partial charge in [0.15, 0.2) is 0 Å². The number of unbranched alkanes of at least 4 members (excludes halogenated alkanes) is 5. The Morgan fingerprint density at radius 3 is 2.56 bits per heavy atom. The van der Waals surface area contributed by atoms with E-state index in [9.17, 15) is 5.11 Å². The highest BCUT2D eigenvalue weighted by Crippen LogP contribution is 2.23. The maximum absolute atomic E-state index is 10.0. The van der Waals surface area contributed by atoms with Crippen molar-refractivity contribution in [2.45, 2.75) is 83.7 Å². The van der Waals surface area contributed by atoms with Crippen LogP contribution >= 0.6 is 0 Å². The fraction of sp³-hybridized carbons (Fsp3) is 0.867. The van der Waals surface area contributed by atoms with Crippen LogP contribution in [-0.4, -0.2) is 11.2 Å². The number of aliphatic hydroxyl groups is 1. The molecular weight excluding hydrogens is 196 g/mol. The molecule has 0 bridgehead atoms.